The zero-order valence-corrected chi connectivity index (χ0v) is 40.8. The van der Waals surface area contributed by atoms with E-state index in [2.05, 4.69) is 13.2 Å². The van der Waals surface area contributed by atoms with Crippen molar-refractivity contribution < 1.29 is 61.6 Å². The molecule has 0 aliphatic carbocycles. The summed E-state index contributed by atoms with van der Waals surface area (Å²) in [5, 5.41) is 0. The second-order valence-electron chi connectivity index (χ2n) is 16.6. The molecule has 334 valence electrons. The minimum absolute atomic E-state index is 0. The third kappa shape index (κ3) is 34.8. The van der Waals surface area contributed by atoms with Gasteiger partial charge in [-0.1, -0.05) is 205 Å². The summed E-state index contributed by atoms with van der Waals surface area (Å²) >= 11 is 0. The topological polar surface area (TPSA) is 110 Å². The Kier molecular flexibility index (Phi) is 40.9. The largest absolute Gasteiger partial charge is 1.00 e. The van der Waals surface area contributed by atoms with Crippen molar-refractivity contribution in [2.45, 2.75) is 236 Å². The molecular formula is C50H85NaO7S. The normalized spacial score (nSPS) is 11.3. The predicted octanol–water partition coefficient (Wildman–Crippen LogP) is 12.3. The molecule has 0 atom stereocenters. The molecule has 0 aliphatic rings. The Balaban J connectivity index is 0.0000336. The number of unbranched alkanes of at least 4 members (excludes halogenated alkanes) is 34. The summed E-state index contributed by atoms with van der Waals surface area (Å²) < 4.78 is 45.9. The third-order valence-corrected chi connectivity index (χ3v) is 12.1. The molecule has 1 aromatic rings. The first-order valence-electron chi connectivity index (χ1n) is 24.0. The molecule has 1 aromatic carbocycles. The molecule has 0 aliphatic heterocycles. The number of esters is 2. The number of carbonyl (C=O) groups excluding carboxylic acids is 2. The average molecular weight is 853 g/mol. The molecule has 0 spiro atoms. The Hall–Kier alpha value is -1.45. The zero-order chi connectivity index (χ0) is 42.2. The summed E-state index contributed by atoms with van der Waals surface area (Å²) in [6, 6.07) is 3.15. The number of ether oxygens (including phenoxy) is 2. The standard InChI is InChI=1S/C50H86O7S.Na/c1-3-5-7-9-11-13-15-17-19-21-23-25-27-29-31-33-35-37-39-43-56-49(51)47-42-41-46(58(53,54)55)45-48(47)50(52)57-44-40-38-36-34-32-30-28-26-24-22-20-18-16-14-12-10-8-6-4-2;/h3-4,41-42,45H,1-2,5-40,43-44H2,(H,53,54,55);/q;+1/p-1. The van der Waals surface area contributed by atoms with Gasteiger partial charge < -0.3 is 14.0 Å². The SMILES string of the molecule is C=CCCCCCCCCCCCCCCCCCCCOC(=O)c1ccc(S(=O)(=O)[O-])cc1C(=O)OCCCCCCCCCCCCCCCCCCCC=C.[Na+]. The van der Waals surface area contributed by atoms with Crippen LogP contribution < -0.4 is 29.6 Å². The van der Waals surface area contributed by atoms with E-state index in [-0.39, 0.29) is 53.9 Å². The predicted molar refractivity (Wildman–Crippen MR) is 242 cm³/mol. The number of benzene rings is 1. The van der Waals surface area contributed by atoms with Crippen LogP contribution >= 0.6 is 0 Å². The first-order valence-corrected chi connectivity index (χ1v) is 25.4. The summed E-state index contributed by atoms with van der Waals surface area (Å²) in [4.78, 5) is 25.3. The van der Waals surface area contributed by atoms with Gasteiger partial charge in [0.25, 0.3) is 0 Å². The van der Waals surface area contributed by atoms with Crippen molar-refractivity contribution >= 4 is 22.1 Å². The van der Waals surface area contributed by atoms with Gasteiger partial charge in [-0.05, 0) is 56.7 Å². The maximum Gasteiger partial charge on any atom is 1.00 e. The number of hydrogen-bond donors (Lipinski definition) is 0. The van der Waals surface area contributed by atoms with Gasteiger partial charge in [-0.15, -0.1) is 13.2 Å². The van der Waals surface area contributed by atoms with Crippen LogP contribution in [-0.2, 0) is 19.6 Å². The van der Waals surface area contributed by atoms with E-state index in [0.717, 1.165) is 57.1 Å². The first-order chi connectivity index (χ1) is 28.3. The van der Waals surface area contributed by atoms with Crippen molar-refractivity contribution in [2.75, 3.05) is 13.2 Å². The van der Waals surface area contributed by atoms with E-state index in [1.165, 1.54) is 179 Å². The van der Waals surface area contributed by atoms with Crippen molar-refractivity contribution in [1.29, 1.82) is 0 Å². The Bertz CT molecular complexity index is 1280. The summed E-state index contributed by atoms with van der Waals surface area (Å²) in [6.45, 7) is 7.94. The summed E-state index contributed by atoms with van der Waals surface area (Å²) in [6.07, 6.45) is 48.6. The van der Waals surface area contributed by atoms with Crippen LogP contribution in [0.2, 0.25) is 0 Å². The van der Waals surface area contributed by atoms with Crippen LogP contribution in [0, 0.1) is 0 Å². The van der Waals surface area contributed by atoms with Crippen LogP contribution in [0.3, 0.4) is 0 Å². The summed E-state index contributed by atoms with van der Waals surface area (Å²) in [5.41, 5.74) is -0.333. The molecule has 9 heteroatoms. The van der Waals surface area contributed by atoms with Crippen LogP contribution in [0.4, 0.5) is 0 Å². The molecule has 0 fully saturated rings. The zero-order valence-electron chi connectivity index (χ0n) is 37.9. The maximum atomic E-state index is 13.0. The van der Waals surface area contributed by atoms with Crippen molar-refractivity contribution in [3.63, 3.8) is 0 Å². The molecule has 0 aromatic heterocycles. The van der Waals surface area contributed by atoms with Gasteiger partial charge in [0.2, 0.25) is 0 Å². The van der Waals surface area contributed by atoms with Gasteiger partial charge in [0.05, 0.1) is 29.2 Å². The molecule has 0 N–H and O–H groups in total. The van der Waals surface area contributed by atoms with Gasteiger partial charge in [-0.2, -0.15) is 0 Å². The maximum absolute atomic E-state index is 13.0. The van der Waals surface area contributed by atoms with Gasteiger partial charge in [-0.3, -0.25) is 0 Å². The van der Waals surface area contributed by atoms with Crippen molar-refractivity contribution in [2.24, 2.45) is 0 Å². The van der Waals surface area contributed by atoms with Crippen molar-refractivity contribution in [3.8, 4) is 0 Å². The minimum atomic E-state index is -4.82. The van der Waals surface area contributed by atoms with Crippen LogP contribution in [0.25, 0.3) is 0 Å². The molecule has 0 saturated heterocycles. The minimum Gasteiger partial charge on any atom is -0.744 e. The molecule has 0 saturated carbocycles. The third-order valence-electron chi connectivity index (χ3n) is 11.3. The van der Waals surface area contributed by atoms with Gasteiger partial charge in [0.1, 0.15) is 10.1 Å². The van der Waals surface area contributed by atoms with Crippen molar-refractivity contribution in [3.05, 3.63) is 54.6 Å². The van der Waals surface area contributed by atoms with Crippen LogP contribution in [0.1, 0.15) is 252 Å². The molecule has 0 radical (unpaired) electrons. The van der Waals surface area contributed by atoms with Crippen LogP contribution in [-0.4, -0.2) is 38.1 Å². The summed E-state index contributed by atoms with van der Waals surface area (Å²) in [5.74, 6) is -1.54. The fourth-order valence-corrected chi connectivity index (χ4v) is 8.09. The number of carbonyl (C=O) groups is 2. The van der Waals surface area contributed by atoms with Gasteiger partial charge >= 0.3 is 41.5 Å². The Morgan fingerprint density at radius 3 is 0.966 bits per heavy atom. The van der Waals surface area contributed by atoms with E-state index in [1.807, 2.05) is 12.2 Å². The van der Waals surface area contributed by atoms with E-state index in [0.29, 0.717) is 12.8 Å². The molecule has 0 bridgehead atoms. The molecule has 59 heavy (non-hydrogen) atoms. The van der Waals surface area contributed by atoms with E-state index in [4.69, 9.17) is 9.47 Å². The van der Waals surface area contributed by atoms with Gasteiger partial charge in [0.15, 0.2) is 0 Å². The fourth-order valence-electron chi connectivity index (χ4n) is 7.60. The van der Waals surface area contributed by atoms with E-state index < -0.39 is 27.0 Å². The molecule has 0 heterocycles. The number of hydrogen-bond acceptors (Lipinski definition) is 7. The summed E-state index contributed by atoms with van der Waals surface area (Å²) in [7, 11) is -4.82. The fraction of sp³-hybridized carbons (Fsp3) is 0.760. The Morgan fingerprint density at radius 2 is 0.695 bits per heavy atom. The second kappa shape index (κ2) is 41.9. The number of allylic oxidation sites excluding steroid dienone is 2. The molecule has 0 unspecified atom stereocenters. The van der Waals surface area contributed by atoms with Gasteiger partial charge in [-0.25, -0.2) is 18.0 Å². The van der Waals surface area contributed by atoms with Gasteiger partial charge in [0, 0.05) is 0 Å². The molecule has 0 amide bonds. The van der Waals surface area contributed by atoms with Crippen LogP contribution in [0.15, 0.2) is 48.4 Å². The van der Waals surface area contributed by atoms with E-state index >= 15 is 0 Å². The Labute approximate surface area is 385 Å². The van der Waals surface area contributed by atoms with Crippen molar-refractivity contribution in [1.82, 2.24) is 0 Å². The molecular weight excluding hydrogens is 768 g/mol. The first kappa shape index (κ1) is 57.5. The number of rotatable bonds is 43. The monoisotopic (exact) mass is 853 g/mol. The Morgan fingerprint density at radius 1 is 0.441 bits per heavy atom. The quantitative estimate of drug-likeness (QED) is 0.0211. The average Bonchev–Trinajstić information content (AvgIpc) is 3.21. The second-order valence-corrected chi connectivity index (χ2v) is 18.0. The van der Waals surface area contributed by atoms with Crippen LogP contribution in [0.5, 0.6) is 0 Å². The van der Waals surface area contributed by atoms with E-state index in [9.17, 15) is 22.6 Å². The van der Waals surface area contributed by atoms with E-state index in [1.54, 1.807) is 0 Å². The molecule has 7 nitrogen and oxygen atoms in total. The molecule has 1 rings (SSSR count). The smallest absolute Gasteiger partial charge is 0.744 e.